The second-order valence-electron chi connectivity index (χ2n) is 6.37. The van der Waals surface area contributed by atoms with E-state index in [-0.39, 0.29) is 23.8 Å². The lowest BCUT2D eigenvalue weighted by atomic mass is 10.2. The predicted octanol–water partition coefficient (Wildman–Crippen LogP) is 2.44. The molecule has 1 heterocycles. The van der Waals surface area contributed by atoms with Crippen molar-refractivity contribution in [2.75, 3.05) is 50.5 Å². The Morgan fingerprint density at radius 2 is 1.75 bits per heavy atom. The molecule has 3 rings (SSSR count). The Balaban J connectivity index is 1.49. The molecule has 1 amide bonds. The number of nitrogens with two attached hydrogens (primary N) is 1. The maximum Gasteiger partial charge on any atom is 0.340 e. The average Bonchev–Trinajstić information content (AvgIpc) is 2.73. The minimum Gasteiger partial charge on any atom is -0.497 e. The van der Waals surface area contributed by atoms with E-state index in [0.29, 0.717) is 31.2 Å². The topological polar surface area (TPSA) is 85.1 Å². The lowest BCUT2D eigenvalue weighted by Crippen LogP contribution is -2.49. The molecule has 2 N–H and O–H groups in total. The zero-order chi connectivity index (χ0) is 20.1. The minimum absolute atomic E-state index is 0.157. The molecule has 1 aliphatic rings. The summed E-state index contributed by atoms with van der Waals surface area (Å²) in [6.07, 6.45) is 0. The highest BCUT2D eigenvalue weighted by molar-refractivity contribution is 6.31. The molecule has 0 radical (unpaired) electrons. The number of piperazine rings is 1. The summed E-state index contributed by atoms with van der Waals surface area (Å²) in [7, 11) is 1.63. The largest absolute Gasteiger partial charge is 0.497 e. The van der Waals surface area contributed by atoms with Gasteiger partial charge in [0.1, 0.15) is 5.75 Å². The number of methoxy groups -OCH3 is 1. The van der Waals surface area contributed by atoms with E-state index in [1.54, 1.807) is 18.1 Å². The maximum absolute atomic E-state index is 12.4. The van der Waals surface area contributed by atoms with Crippen LogP contribution in [-0.4, -0.2) is 56.7 Å². The number of nitrogen functional groups attached to an aromatic ring is 1. The highest BCUT2D eigenvalue weighted by Gasteiger charge is 2.23. The number of halogens is 1. The zero-order valence-corrected chi connectivity index (χ0v) is 16.3. The van der Waals surface area contributed by atoms with Gasteiger partial charge in [0.15, 0.2) is 6.61 Å². The number of amides is 1. The Kier molecular flexibility index (Phi) is 6.26. The standard InChI is InChI=1S/C20H22ClN3O4/c1-27-16-5-3-15(4-6-16)23-8-10-24(11-9-23)19(25)13-28-20(26)17-12-14(21)2-7-18(17)22/h2-7,12H,8-11,13,22H2,1H3. The quantitative estimate of drug-likeness (QED) is 0.609. The first-order chi connectivity index (χ1) is 13.5. The Morgan fingerprint density at radius 3 is 2.39 bits per heavy atom. The molecule has 1 fully saturated rings. The highest BCUT2D eigenvalue weighted by atomic mass is 35.5. The second kappa shape index (κ2) is 8.84. The fraction of sp³-hybridized carbons (Fsp3) is 0.300. The fourth-order valence-electron chi connectivity index (χ4n) is 3.01. The summed E-state index contributed by atoms with van der Waals surface area (Å²) in [6, 6.07) is 12.3. The monoisotopic (exact) mass is 403 g/mol. The Labute approximate surface area is 168 Å². The molecular weight excluding hydrogens is 382 g/mol. The van der Waals surface area contributed by atoms with E-state index in [1.807, 2.05) is 24.3 Å². The fourth-order valence-corrected chi connectivity index (χ4v) is 3.18. The van der Waals surface area contributed by atoms with Crippen LogP contribution in [0.25, 0.3) is 0 Å². The summed E-state index contributed by atoms with van der Waals surface area (Å²) in [5.41, 5.74) is 7.26. The van der Waals surface area contributed by atoms with Crippen LogP contribution in [0.1, 0.15) is 10.4 Å². The van der Waals surface area contributed by atoms with Gasteiger partial charge in [0.25, 0.3) is 5.91 Å². The molecule has 0 saturated carbocycles. The lowest BCUT2D eigenvalue weighted by Gasteiger charge is -2.36. The van der Waals surface area contributed by atoms with Gasteiger partial charge in [0, 0.05) is 42.6 Å². The molecule has 2 aromatic carbocycles. The normalized spacial score (nSPS) is 13.9. The first kappa shape index (κ1) is 19.8. The molecule has 0 bridgehead atoms. The number of rotatable bonds is 5. The van der Waals surface area contributed by atoms with Gasteiger partial charge in [-0.2, -0.15) is 0 Å². The molecule has 0 aromatic heterocycles. The number of esters is 1. The minimum atomic E-state index is -0.662. The number of benzene rings is 2. The molecule has 0 aliphatic carbocycles. The van der Waals surface area contributed by atoms with Crippen LogP contribution in [0.3, 0.4) is 0 Å². The van der Waals surface area contributed by atoms with Gasteiger partial charge in [-0.15, -0.1) is 0 Å². The van der Waals surface area contributed by atoms with Crippen LogP contribution in [-0.2, 0) is 9.53 Å². The number of nitrogens with zero attached hydrogens (tertiary/aromatic N) is 2. The van der Waals surface area contributed by atoms with E-state index in [1.165, 1.54) is 12.1 Å². The van der Waals surface area contributed by atoms with Crippen LogP contribution < -0.4 is 15.4 Å². The number of ether oxygens (including phenoxy) is 2. The van der Waals surface area contributed by atoms with Gasteiger partial charge in [-0.3, -0.25) is 4.79 Å². The van der Waals surface area contributed by atoms with Gasteiger partial charge in [-0.25, -0.2) is 4.79 Å². The lowest BCUT2D eigenvalue weighted by molar-refractivity contribution is -0.134. The third kappa shape index (κ3) is 4.67. The van der Waals surface area contributed by atoms with E-state index in [0.717, 1.165) is 11.4 Å². The van der Waals surface area contributed by atoms with Crippen LogP contribution in [0, 0.1) is 0 Å². The van der Waals surface area contributed by atoms with Gasteiger partial charge < -0.3 is 25.0 Å². The smallest absolute Gasteiger partial charge is 0.340 e. The Morgan fingerprint density at radius 1 is 1.07 bits per heavy atom. The van der Waals surface area contributed by atoms with Gasteiger partial charge in [0.05, 0.1) is 12.7 Å². The van der Waals surface area contributed by atoms with Crippen LogP contribution >= 0.6 is 11.6 Å². The number of carbonyl (C=O) groups is 2. The number of hydrogen-bond donors (Lipinski definition) is 1. The highest BCUT2D eigenvalue weighted by Crippen LogP contribution is 2.21. The molecule has 0 atom stereocenters. The van der Waals surface area contributed by atoms with E-state index in [4.69, 9.17) is 26.8 Å². The molecule has 8 heteroatoms. The van der Waals surface area contributed by atoms with E-state index in [9.17, 15) is 9.59 Å². The summed E-state index contributed by atoms with van der Waals surface area (Å²) in [5, 5.41) is 0.377. The third-order valence-corrected chi connectivity index (χ3v) is 4.87. The number of carbonyl (C=O) groups excluding carboxylic acids is 2. The number of hydrogen-bond acceptors (Lipinski definition) is 6. The van der Waals surface area contributed by atoms with Crippen molar-refractivity contribution < 1.29 is 19.1 Å². The molecule has 0 unspecified atom stereocenters. The van der Waals surface area contributed by atoms with E-state index < -0.39 is 5.97 Å². The van der Waals surface area contributed by atoms with Crippen LogP contribution in [0.2, 0.25) is 5.02 Å². The zero-order valence-electron chi connectivity index (χ0n) is 15.6. The van der Waals surface area contributed by atoms with E-state index >= 15 is 0 Å². The van der Waals surface area contributed by atoms with Crippen molar-refractivity contribution in [3.63, 3.8) is 0 Å². The predicted molar refractivity (Wildman–Crippen MR) is 108 cm³/mol. The van der Waals surface area contributed by atoms with Crippen LogP contribution in [0.15, 0.2) is 42.5 Å². The van der Waals surface area contributed by atoms with Crippen molar-refractivity contribution in [3.05, 3.63) is 53.1 Å². The summed E-state index contributed by atoms with van der Waals surface area (Å²) in [5.74, 6) is -0.0896. The molecule has 1 aliphatic heterocycles. The van der Waals surface area contributed by atoms with Crippen LogP contribution in [0.4, 0.5) is 11.4 Å². The Bertz CT molecular complexity index is 849. The van der Waals surface area contributed by atoms with Crippen molar-refractivity contribution >= 4 is 34.9 Å². The average molecular weight is 404 g/mol. The summed E-state index contributed by atoms with van der Waals surface area (Å²) in [4.78, 5) is 28.4. The van der Waals surface area contributed by atoms with Gasteiger partial charge in [-0.1, -0.05) is 11.6 Å². The third-order valence-electron chi connectivity index (χ3n) is 4.63. The first-order valence-corrected chi connectivity index (χ1v) is 9.24. The molecule has 2 aromatic rings. The van der Waals surface area contributed by atoms with Crippen molar-refractivity contribution in [1.29, 1.82) is 0 Å². The molecule has 148 valence electrons. The van der Waals surface area contributed by atoms with Crippen LogP contribution in [0.5, 0.6) is 5.75 Å². The van der Waals surface area contributed by atoms with Gasteiger partial charge >= 0.3 is 5.97 Å². The Hall–Kier alpha value is -2.93. The summed E-state index contributed by atoms with van der Waals surface area (Å²) in [6.45, 7) is 2.19. The maximum atomic E-state index is 12.4. The number of anilines is 2. The van der Waals surface area contributed by atoms with Gasteiger partial charge in [0.2, 0.25) is 0 Å². The molecule has 28 heavy (non-hydrogen) atoms. The second-order valence-corrected chi connectivity index (χ2v) is 6.81. The molecule has 1 saturated heterocycles. The first-order valence-electron chi connectivity index (χ1n) is 8.87. The molecule has 0 spiro atoms. The van der Waals surface area contributed by atoms with Gasteiger partial charge in [-0.05, 0) is 42.5 Å². The van der Waals surface area contributed by atoms with Crippen molar-refractivity contribution in [2.45, 2.75) is 0 Å². The van der Waals surface area contributed by atoms with Crippen molar-refractivity contribution in [3.8, 4) is 5.75 Å². The molecular formula is C20H22ClN3O4. The van der Waals surface area contributed by atoms with Crippen molar-refractivity contribution in [1.82, 2.24) is 4.90 Å². The van der Waals surface area contributed by atoms with E-state index in [2.05, 4.69) is 4.90 Å². The van der Waals surface area contributed by atoms with Crippen molar-refractivity contribution in [2.24, 2.45) is 0 Å². The SMILES string of the molecule is COc1ccc(N2CCN(C(=O)COC(=O)c3cc(Cl)ccc3N)CC2)cc1. The summed E-state index contributed by atoms with van der Waals surface area (Å²) < 4.78 is 10.3. The summed E-state index contributed by atoms with van der Waals surface area (Å²) >= 11 is 5.88. The molecule has 7 nitrogen and oxygen atoms in total.